The lowest BCUT2D eigenvalue weighted by molar-refractivity contribution is 0.0696. The van der Waals surface area contributed by atoms with Gasteiger partial charge in [0, 0.05) is 18.3 Å². The van der Waals surface area contributed by atoms with Crippen LogP contribution in [0.1, 0.15) is 32.1 Å². The Morgan fingerprint density at radius 3 is 2.50 bits per heavy atom. The van der Waals surface area contributed by atoms with Crippen LogP contribution in [-0.2, 0) is 13.1 Å². The average molecular weight is 401 g/mol. The van der Waals surface area contributed by atoms with Crippen molar-refractivity contribution in [3.05, 3.63) is 102 Å². The van der Waals surface area contributed by atoms with E-state index in [1.165, 1.54) is 12.1 Å². The Kier molecular flexibility index (Phi) is 5.43. The Bertz CT molecular complexity index is 1160. The lowest BCUT2D eigenvalue weighted by Crippen LogP contribution is -2.25. The molecule has 0 aliphatic carbocycles. The van der Waals surface area contributed by atoms with Gasteiger partial charge in [-0.05, 0) is 42.0 Å². The standard InChI is InChI=1S/C23H19N3O4/c27-21(24-13-16-8-10-18(11-9-16)23(28)29)20-7-4-12-26(20)14-19-15-30-22(25-19)17-5-2-1-3-6-17/h1-12,15H,13-14H2,(H,24,27)(H,28,29). The molecule has 30 heavy (non-hydrogen) atoms. The van der Waals surface area contributed by atoms with Crippen LogP contribution in [0.3, 0.4) is 0 Å². The number of carbonyl (C=O) groups excluding carboxylic acids is 1. The van der Waals surface area contributed by atoms with E-state index in [2.05, 4.69) is 10.3 Å². The number of aromatic nitrogens is 2. The first-order valence-electron chi connectivity index (χ1n) is 9.35. The van der Waals surface area contributed by atoms with Gasteiger partial charge < -0.3 is 19.4 Å². The number of hydrogen-bond acceptors (Lipinski definition) is 4. The molecule has 2 N–H and O–H groups in total. The molecule has 2 heterocycles. The smallest absolute Gasteiger partial charge is 0.335 e. The predicted octanol–water partition coefficient (Wildman–Crippen LogP) is 3.82. The van der Waals surface area contributed by atoms with E-state index in [0.717, 1.165) is 11.1 Å². The second kappa shape index (κ2) is 8.48. The van der Waals surface area contributed by atoms with Gasteiger partial charge in [0.15, 0.2) is 0 Å². The minimum atomic E-state index is -0.980. The van der Waals surface area contributed by atoms with Crippen molar-refractivity contribution in [2.24, 2.45) is 0 Å². The van der Waals surface area contributed by atoms with Crippen LogP contribution >= 0.6 is 0 Å². The summed E-state index contributed by atoms with van der Waals surface area (Å²) in [4.78, 5) is 28.0. The van der Waals surface area contributed by atoms with Crippen molar-refractivity contribution in [1.82, 2.24) is 14.9 Å². The zero-order chi connectivity index (χ0) is 20.9. The zero-order valence-corrected chi connectivity index (χ0v) is 16.0. The van der Waals surface area contributed by atoms with Crippen molar-refractivity contribution >= 4 is 11.9 Å². The lowest BCUT2D eigenvalue weighted by atomic mass is 10.1. The van der Waals surface area contributed by atoms with E-state index in [9.17, 15) is 9.59 Å². The highest BCUT2D eigenvalue weighted by atomic mass is 16.4. The number of rotatable bonds is 7. The summed E-state index contributed by atoms with van der Waals surface area (Å²) in [5.41, 5.74) is 3.13. The Balaban J connectivity index is 1.41. The van der Waals surface area contributed by atoms with Crippen molar-refractivity contribution < 1.29 is 19.1 Å². The number of carboxylic acid groups (broad SMARTS) is 1. The molecule has 0 saturated carbocycles. The van der Waals surface area contributed by atoms with Gasteiger partial charge in [0.05, 0.1) is 17.8 Å². The topological polar surface area (TPSA) is 97.4 Å². The Labute approximate surface area is 172 Å². The monoisotopic (exact) mass is 401 g/mol. The molecule has 4 rings (SSSR count). The van der Waals surface area contributed by atoms with Gasteiger partial charge >= 0.3 is 5.97 Å². The molecule has 0 saturated heterocycles. The first kappa shape index (κ1) is 19.2. The molecule has 0 bridgehead atoms. The summed E-state index contributed by atoms with van der Waals surface area (Å²) in [5.74, 6) is -0.672. The summed E-state index contributed by atoms with van der Waals surface area (Å²) in [6.45, 7) is 0.700. The molecule has 1 amide bonds. The Morgan fingerprint density at radius 1 is 1.00 bits per heavy atom. The third-order valence-electron chi connectivity index (χ3n) is 4.62. The fourth-order valence-electron chi connectivity index (χ4n) is 3.06. The molecule has 0 atom stereocenters. The molecule has 4 aromatic rings. The van der Waals surface area contributed by atoms with Crippen LogP contribution in [0.25, 0.3) is 11.5 Å². The maximum absolute atomic E-state index is 12.6. The van der Waals surface area contributed by atoms with Crippen LogP contribution < -0.4 is 5.32 Å². The van der Waals surface area contributed by atoms with E-state index >= 15 is 0 Å². The zero-order valence-electron chi connectivity index (χ0n) is 16.0. The van der Waals surface area contributed by atoms with E-state index < -0.39 is 5.97 Å². The van der Waals surface area contributed by atoms with Crippen LogP contribution in [-0.4, -0.2) is 26.5 Å². The van der Waals surface area contributed by atoms with Crippen molar-refractivity contribution in [3.8, 4) is 11.5 Å². The molecule has 0 aliphatic heterocycles. The molecule has 0 radical (unpaired) electrons. The van der Waals surface area contributed by atoms with E-state index in [0.29, 0.717) is 30.4 Å². The molecule has 0 aliphatic rings. The Morgan fingerprint density at radius 2 is 1.77 bits per heavy atom. The van der Waals surface area contributed by atoms with Crippen LogP contribution in [0.5, 0.6) is 0 Å². The summed E-state index contributed by atoms with van der Waals surface area (Å²) in [5, 5.41) is 11.8. The van der Waals surface area contributed by atoms with Gasteiger partial charge in [0.25, 0.3) is 5.91 Å². The molecule has 0 fully saturated rings. The molecule has 2 aromatic heterocycles. The van der Waals surface area contributed by atoms with Crippen molar-refractivity contribution in [2.75, 3.05) is 0 Å². The number of benzene rings is 2. The largest absolute Gasteiger partial charge is 0.478 e. The molecule has 0 spiro atoms. The van der Waals surface area contributed by atoms with Gasteiger partial charge in [-0.2, -0.15) is 0 Å². The van der Waals surface area contributed by atoms with Gasteiger partial charge in [-0.25, -0.2) is 9.78 Å². The molecule has 7 heteroatoms. The molecular formula is C23H19N3O4. The fraction of sp³-hybridized carbons (Fsp3) is 0.0870. The molecule has 7 nitrogen and oxygen atoms in total. The number of carbonyl (C=O) groups is 2. The Hall–Kier alpha value is -4.13. The summed E-state index contributed by atoms with van der Waals surface area (Å²) >= 11 is 0. The number of aromatic carboxylic acids is 1. The van der Waals surface area contributed by atoms with Crippen molar-refractivity contribution in [1.29, 1.82) is 0 Å². The van der Waals surface area contributed by atoms with Gasteiger partial charge in [0.1, 0.15) is 12.0 Å². The second-order valence-electron chi connectivity index (χ2n) is 6.72. The minimum absolute atomic E-state index is 0.210. The fourth-order valence-corrected chi connectivity index (χ4v) is 3.06. The van der Waals surface area contributed by atoms with Crippen LogP contribution in [0.4, 0.5) is 0 Å². The highest BCUT2D eigenvalue weighted by Gasteiger charge is 2.13. The average Bonchev–Trinajstić information content (AvgIpc) is 3.43. The quantitative estimate of drug-likeness (QED) is 0.491. The van der Waals surface area contributed by atoms with Gasteiger partial charge in [-0.1, -0.05) is 30.3 Å². The summed E-state index contributed by atoms with van der Waals surface area (Å²) in [6.07, 6.45) is 3.40. The third kappa shape index (κ3) is 4.30. The van der Waals surface area contributed by atoms with E-state index in [-0.39, 0.29) is 11.5 Å². The highest BCUT2D eigenvalue weighted by molar-refractivity contribution is 5.92. The van der Waals surface area contributed by atoms with E-state index in [1.807, 2.05) is 36.5 Å². The number of carboxylic acids is 1. The van der Waals surface area contributed by atoms with Crippen molar-refractivity contribution in [2.45, 2.75) is 13.1 Å². The molecular weight excluding hydrogens is 382 g/mol. The second-order valence-corrected chi connectivity index (χ2v) is 6.72. The van der Waals surface area contributed by atoms with Gasteiger partial charge in [0.2, 0.25) is 5.89 Å². The predicted molar refractivity (Wildman–Crippen MR) is 110 cm³/mol. The number of nitrogens with one attached hydrogen (secondary N) is 1. The summed E-state index contributed by atoms with van der Waals surface area (Å²) in [6, 6.07) is 19.6. The highest BCUT2D eigenvalue weighted by Crippen LogP contribution is 2.19. The molecule has 0 unspecified atom stereocenters. The van der Waals surface area contributed by atoms with E-state index in [1.54, 1.807) is 35.1 Å². The van der Waals surface area contributed by atoms with Crippen molar-refractivity contribution in [3.63, 3.8) is 0 Å². The number of amides is 1. The van der Waals surface area contributed by atoms with Gasteiger partial charge in [-0.15, -0.1) is 0 Å². The first-order chi connectivity index (χ1) is 14.6. The first-order valence-corrected chi connectivity index (χ1v) is 9.35. The SMILES string of the molecule is O=C(O)c1ccc(CNC(=O)c2cccn2Cc2coc(-c3ccccc3)n2)cc1. The van der Waals surface area contributed by atoms with Crippen LogP contribution in [0.2, 0.25) is 0 Å². The summed E-state index contributed by atoms with van der Waals surface area (Å²) < 4.78 is 7.37. The maximum Gasteiger partial charge on any atom is 0.335 e. The van der Waals surface area contributed by atoms with E-state index in [4.69, 9.17) is 9.52 Å². The lowest BCUT2D eigenvalue weighted by Gasteiger charge is -2.09. The van der Waals surface area contributed by atoms with Crippen LogP contribution in [0.15, 0.2) is 83.6 Å². The van der Waals surface area contributed by atoms with Gasteiger partial charge in [-0.3, -0.25) is 4.79 Å². The number of oxazole rings is 1. The van der Waals surface area contributed by atoms with Crippen LogP contribution in [0, 0.1) is 0 Å². The molecule has 2 aromatic carbocycles. The maximum atomic E-state index is 12.6. The summed E-state index contributed by atoms with van der Waals surface area (Å²) in [7, 11) is 0. The number of hydrogen-bond donors (Lipinski definition) is 2. The normalized spacial score (nSPS) is 10.7. The molecule has 150 valence electrons. The number of nitrogens with zero attached hydrogens (tertiary/aromatic N) is 2. The third-order valence-corrected chi connectivity index (χ3v) is 4.62. The minimum Gasteiger partial charge on any atom is -0.478 e.